The lowest BCUT2D eigenvalue weighted by molar-refractivity contribution is -0.914. The summed E-state index contributed by atoms with van der Waals surface area (Å²) in [7, 11) is 0. The number of rotatable bonds is 4. The first-order valence-corrected chi connectivity index (χ1v) is 9.83. The van der Waals surface area contributed by atoms with Gasteiger partial charge in [0.05, 0.1) is 52.6 Å². The highest BCUT2D eigenvalue weighted by molar-refractivity contribution is 6.44. The number of halogens is 3. The van der Waals surface area contributed by atoms with Gasteiger partial charge in [0.15, 0.2) is 6.04 Å². The van der Waals surface area contributed by atoms with E-state index in [0.717, 1.165) is 31.9 Å². The smallest absolute Gasteiger partial charge is 0.282 e. The Hall–Kier alpha value is -1.66. The van der Waals surface area contributed by atoms with Gasteiger partial charge in [-0.15, -0.1) is 0 Å². The molecule has 0 unspecified atom stereocenters. The lowest BCUT2D eigenvalue weighted by Gasteiger charge is -2.36. The number of benzene rings is 2. The summed E-state index contributed by atoms with van der Waals surface area (Å²) in [4.78, 5) is 16.0. The molecular formula is C19H21Cl3N3O2+. The van der Waals surface area contributed by atoms with Gasteiger partial charge in [-0.25, -0.2) is 0 Å². The molecule has 3 rings (SSSR count). The van der Waals surface area contributed by atoms with Gasteiger partial charge in [0.1, 0.15) is 5.75 Å². The summed E-state index contributed by atoms with van der Waals surface area (Å²) in [6.07, 6.45) is 0. The lowest BCUT2D eigenvalue weighted by Crippen LogP contribution is -3.19. The Kier molecular flexibility index (Phi) is 6.37. The Balaban J connectivity index is 1.60. The van der Waals surface area contributed by atoms with Crippen molar-refractivity contribution in [1.29, 1.82) is 0 Å². The number of para-hydroxylation sites is 2. The predicted molar refractivity (Wildman–Crippen MR) is 111 cm³/mol. The van der Waals surface area contributed by atoms with Gasteiger partial charge in [0.2, 0.25) is 0 Å². The van der Waals surface area contributed by atoms with Gasteiger partial charge in [-0.3, -0.25) is 4.79 Å². The maximum absolute atomic E-state index is 12.6. The van der Waals surface area contributed by atoms with Crippen molar-refractivity contribution < 1.29 is 14.8 Å². The third kappa shape index (κ3) is 4.61. The van der Waals surface area contributed by atoms with Crippen molar-refractivity contribution in [1.82, 2.24) is 0 Å². The molecule has 27 heavy (non-hydrogen) atoms. The average Bonchev–Trinajstić information content (AvgIpc) is 2.66. The number of hydrogen-bond donors (Lipinski definition) is 3. The van der Waals surface area contributed by atoms with Crippen LogP contribution in [0.4, 0.5) is 11.4 Å². The molecule has 1 aliphatic heterocycles. The molecule has 3 N–H and O–H groups in total. The number of quaternary nitrogens is 1. The van der Waals surface area contributed by atoms with Gasteiger partial charge in [-0.2, -0.15) is 0 Å². The molecule has 0 aromatic heterocycles. The van der Waals surface area contributed by atoms with E-state index in [0.29, 0.717) is 20.8 Å². The summed E-state index contributed by atoms with van der Waals surface area (Å²) in [6, 6.07) is 10.1. The van der Waals surface area contributed by atoms with Crippen LogP contribution < -0.4 is 15.1 Å². The van der Waals surface area contributed by atoms with E-state index in [1.807, 2.05) is 19.1 Å². The van der Waals surface area contributed by atoms with Crippen LogP contribution in [0.5, 0.6) is 5.75 Å². The minimum Gasteiger partial charge on any atom is -0.506 e. The number of piperazine rings is 1. The third-order valence-electron chi connectivity index (χ3n) is 4.90. The molecule has 0 bridgehead atoms. The van der Waals surface area contributed by atoms with E-state index in [9.17, 15) is 9.90 Å². The quantitative estimate of drug-likeness (QED) is 0.655. The first-order chi connectivity index (χ1) is 12.9. The highest BCUT2D eigenvalue weighted by atomic mass is 35.5. The Labute approximate surface area is 173 Å². The van der Waals surface area contributed by atoms with Crippen LogP contribution >= 0.6 is 34.8 Å². The van der Waals surface area contributed by atoms with Crippen molar-refractivity contribution in [2.24, 2.45) is 0 Å². The van der Waals surface area contributed by atoms with E-state index in [-0.39, 0.29) is 17.7 Å². The predicted octanol–water partition coefficient (Wildman–Crippen LogP) is 3.08. The molecule has 1 atom stereocenters. The number of carbonyl (C=O) groups is 1. The van der Waals surface area contributed by atoms with Crippen LogP contribution in [0.2, 0.25) is 15.1 Å². The molecule has 5 nitrogen and oxygen atoms in total. The molecular weight excluding hydrogens is 409 g/mol. The molecule has 144 valence electrons. The monoisotopic (exact) mass is 428 g/mol. The summed E-state index contributed by atoms with van der Waals surface area (Å²) in [5.41, 5.74) is 1.28. The summed E-state index contributed by atoms with van der Waals surface area (Å²) >= 11 is 18.1. The molecule has 0 aliphatic carbocycles. The fraction of sp³-hybridized carbons (Fsp3) is 0.316. The molecule has 8 heteroatoms. The van der Waals surface area contributed by atoms with Crippen molar-refractivity contribution in [3.63, 3.8) is 0 Å². The molecule has 0 spiro atoms. The molecule has 1 saturated heterocycles. The minimum atomic E-state index is -0.248. The second kappa shape index (κ2) is 8.57. The summed E-state index contributed by atoms with van der Waals surface area (Å²) in [5, 5.41) is 13.9. The van der Waals surface area contributed by atoms with Crippen molar-refractivity contribution in [3.8, 4) is 5.75 Å². The van der Waals surface area contributed by atoms with Crippen LogP contribution in [0, 0.1) is 0 Å². The molecule has 0 saturated carbocycles. The highest BCUT2D eigenvalue weighted by Crippen LogP contribution is 2.32. The summed E-state index contributed by atoms with van der Waals surface area (Å²) in [6.45, 7) is 5.00. The van der Waals surface area contributed by atoms with Crippen LogP contribution in [0.25, 0.3) is 0 Å². The van der Waals surface area contributed by atoms with E-state index in [1.165, 1.54) is 11.0 Å². The molecule has 1 aliphatic rings. The fourth-order valence-corrected chi connectivity index (χ4v) is 3.84. The first-order valence-electron chi connectivity index (χ1n) is 8.69. The summed E-state index contributed by atoms with van der Waals surface area (Å²) < 4.78 is 0. The number of anilines is 2. The topological polar surface area (TPSA) is 57.0 Å². The van der Waals surface area contributed by atoms with Gasteiger partial charge < -0.3 is 20.2 Å². The first kappa shape index (κ1) is 20.1. The number of hydrogen-bond acceptors (Lipinski definition) is 3. The Morgan fingerprint density at radius 3 is 2.41 bits per heavy atom. The Morgan fingerprint density at radius 2 is 1.74 bits per heavy atom. The van der Waals surface area contributed by atoms with Crippen molar-refractivity contribution in [2.75, 3.05) is 36.4 Å². The van der Waals surface area contributed by atoms with E-state index in [4.69, 9.17) is 34.8 Å². The van der Waals surface area contributed by atoms with E-state index < -0.39 is 0 Å². The average molecular weight is 430 g/mol. The van der Waals surface area contributed by atoms with Crippen molar-refractivity contribution >= 4 is 52.1 Å². The number of nitrogens with one attached hydrogen (secondary N) is 2. The number of amides is 1. The van der Waals surface area contributed by atoms with Crippen molar-refractivity contribution in [2.45, 2.75) is 13.0 Å². The number of carbonyl (C=O) groups excluding carboxylic acids is 1. The maximum Gasteiger partial charge on any atom is 0.282 e. The second-order valence-electron chi connectivity index (χ2n) is 6.59. The molecule has 1 amide bonds. The number of aromatic hydroxyl groups is 1. The summed E-state index contributed by atoms with van der Waals surface area (Å²) in [5.74, 6) is 0.155. The van der Waals surface area contributed by atoms with Crippen LogP contribution in [-0.4, -0.2) is 43.2 Å². The van der Waals surface area contributed by atoms with Crippen LogP contribution in [0.15, 0.2) is 36.4 Å². The molecule has 1 heterocycles. The zero-order valence-electron chi connectivity index (χ0n) is 14.8. The number of phenols is 1. The number of phenolic OH excluding ortho intramolecular Hbond substituents is 1. The molecule has 2 aromatic rings. The normalized spacial score (nSPS) is 16.2. The van der Waals surface area contributed by atoms with Gasteiger partial charge in [0, 0.05) is 0 Å². The van der Waals surface area contributed by atoms with Crippen LogP contribution in [0.1, 0.15) is 6.92 Å². The molecule has 0 radical (unpaired) electrons. The van der Waals surface area contributed by atoms with Crippen LogP contribution in [-0.2, 0) is 4.79 Å². The standard InChI is InChI=1S/C19H20Cl3N3O2/c1-12(19(27)23-16-11-14(21)13(20)10-15(16)22)24-6-8-25(9-7-24)17-4-2-3-5-18(17)26/h2-5,10-12,26H,6-9H2,1H3,(H,23,27)/p+1/t12-/m0/s1. The zero-order chi connectivity index (χ0) is 19.6. The number of nitrogens with zero attached hydrogens (tertiary/aromatic N) is 1. The Bertz CT molecular complexity index is 839. The SMILES string of the molecule is C[C@@H](C(=O)Nc1cc(Cl)c(Cl)cc1Cl)[NH+]1CCN(c2ccccc2O)CC1. The second-order valence-corrected chi connectivity index (χ2v) is 7.81. The van der Waals surface area contributed by atoms with E-state index in [1.54, 1.807) is 18.2 Å². The van der Waals surface area contributed by atoms with Gasteiger partial charge >= 0.3 is 0 Å². The molecule has 2 aromatic carbocycles. The highest BCUT2D eigenvalue weighted by Gasteiger charge is 2.30. The maximum atomic E-state index is 12.6. The molecule has 1 fully saturated rings. The van der Waals surface area contributed by atoms with E-state index >= 15 is 0 Å². The van der Waals surface area contributed by atoms with Gasteiger partial charge in [0.25, 0.3) is 5.91 Å². The lowest BCUT2D eigenvalue weighted by atomic mass is 10.2. The van der Waals surface area contributed by atoms with Crippen molar-refractivity contribution in [3.05, 3.63) is 51.5 Å². The largest absolute Gasteiger partial charge is 0.506 e. The zero-order valence-corrected chi connectivity index (χ0v) is 17.1. The minimum absolute atomic E-state index is 0.124. The van der Waals surface area contributed by atoms with Crippen LogP contribution in [0.3, 0.4) is 0 Å². The fourth-order valence-electron chi connectivity index (χ4n) is 3.24. The van der Waals surface area contributed by atoms with Gasteiger partial charge in [-0.1, -0.05) is 46.9 Å². The van der Waals surface area contributed by atoms with E-state index in [2.05, 4.69) is 10.2 Å². The van der Waals surface area contributed by atoms with Gasteiger partial charge in [-0.05, 0) is 31.2 Å². The third-order valence-corrected chi connectivity index (χ3v) is 5.94. The Morgan fingerprint density at radius 1 is 1.11 bits per heavy atom.